The molecule has 11 atom stereocenters. The van der Waals surface area contributed by atoms with Crippen molar-refractivity contribution in [2.75, 3.05) is 40.4 Å². The first-order valence-corrected chi connectivity index (χ1v) is 31.0. The smallest absolute Gasteiger partial charge is 0.407 e. The zero-order valence-corrected chi connectivity index (χ0v) is 49.8. The molecule has 5 aliphatic rings. The Kier molecular flexibility index (Phi) is 21.0. The van der Waals surface area contributed by atoms with Crippen molar-refractivity contribution in [3.63, 3.8) is 0 Å². The third kappa shape index (κ3) is 13.6. The molecule has 3 N–H and O–H groups in total. The minimum absolute atomic E-state index is 0.0264. The maximum atomic E-state index is 14.2. The molecule has 3 saturated carbocycles. The molecule has 3 aromatic carbocycles. The Morgan fingerprint density at radius 1 is 0.713 bits per heavy atom. The fourth-order valence-corrected chi connectivity index (χ4v) is 16.0. The molecule has 438 valence electrons. The number of benzene rings is 3. The summed E-state index contributed by atoms with van der Waals surface area (Å²) in [4.78, 5) is 55.5. The summed E-state index contributed by atoms with van der Waals surface area (Å²) in [6, 6.07) is 25.0. The van der Waals surface area contributed by atoms with Crippen molar-refractivity contribution in [3.05, 3.63) is 107 Å². The minimum Gasteiger partial charge on any atom is -0.497 e. The number of nitrogens with one attached hydrogen (secondary N) is 2. The predicted molar refractivity (Wildman–Crippen MR) is 315 cm³/mol. The molecular weight excluding hydrogens is 1000 g/mol. The van der Waals surface area contributed by atoms with Gasteiger partial charge in [0.25, 0.3) is 0 Å². The Morgan fingerprint density at radius 3 is 2.05 bits per heavy atom. The molecule has 4 aliphatic carbocycles. The lowest BCUT2D eigenvalue weighted by molar-refractivity contribution is -0.153. The van der Waals surface area contributed by atoms with Crippen LogP contribution in [0, 0.1) is 52.3 Å². The van der Waals surface area contributed by atoms with Gasteiger partial charge in [0.15, 0.2) is 0 Å². The highest BCUT2D eigenvalue weighted by Gasteiger charge is 2.59. The second-order valence-corrected chi connectivity index (χ2v) is 25.6. The van der Waals surface area contributed by atoms with E-state index in [-0.39, 0.29) is 61.8 Å². The molecule has 1 heterocycles. The van der Waals surface area contributed by atoms with Crippen LogP contribution in [0.1, 0.15) is 180 Å². The van der Waals surface area contributed by atoms with Crippen molar-refractivity contribution in [1.82, 2.24) is 15.5 Å². The molecule has 0 spiro atoms. The first-order chi connectivity index (χ1) is 38.5. The summed E-state index contributed by atoms with van der Waals surface area (Å²) in [5, 5.41) is 19.2. The van der Waals surface area contributed by atoms with Gasteiger partial charge in [-0.05, 0) is 152 Å². The van der Waals surface area contributed by atoms with Gasteiger partial charge in [0, 0.05) is 44.8 Å². The summed E-state index contributed by atoms with van der Waals surface area (Å²) in [7, 11) is 3.22. The zero-order chi connectivity index (χ0) is 57.0. The second-order valence-electron chi connectivity index (χ2n) is 25.6. The van der Waals surface area contributed by atoms with Gasteiger partial charge in [-0.2, -0.15) is 0 Å². The number of methoxy groups -OCH3 is 2. The molecule has 0 radical (unpaired) electrons. The number of allylic oxidation sites excluding steroid dienone is 1. The molecule has 12 nitrogen and oxygen atoms in total. The number of aliphatic hydroxyl groups excluding tert-OH is 1. The van der Waals surface area contributed by atoms with E-state index in [0.29, 0.717) is 49.3 Å². The Morgan fingerprint density at radius 2 is 1.39 bits per heavy atom. The van der Waals surface area contributed by atoms with Crippen LogP contribution in [0.5, 0.6) is 11.5 Å². The number of hydrogen-bond acceptors (Lipinski definition) is 9. The normalized spacial score (nSPS) is 26.9. The fraction of sp³-hybridized carbons (Fsp3) is 0.647. The molecule has 12 heteroatoms. The molecule has 1 aliphatic heterocycles. The van der Waals surface area contributed by atoms with Crippen LogP contribution in [0.15, 0.2) is 90.5 Å². The number of unbranched alkanes of at least 4 members (excludes halogenated alkanes) is 3. The average Bonchev–Trinajstić information content (AvgIpc) is 4.21. The van der Waals surface area contributed by atoms with E-state index in [1.165, 1.54) is 56.9 Å². The van der Waals surface area contributed by atoms with Gasteiger partial charge in [-0.1, -0.05) is 140 Å². The Hall–Kier alpha value is -5.36. The number of amides is 3. The molecule has 3 aromatic rings. The first-order valence-electron chi connectivity index (χ1n) is 31.0. The van der Waals surface area contributed by atoms with Crippen LogP contribution < -0.4 is 20.1 Å². The molecule has 0 aromatic heterocycles. The van der Waals surface area contributed by atoms with Gasteiger partial charge in [-0.15, -0.1) is 0 Å². The highest BCUT2D eigenvalue weighted by molar-refractivity contribution is 5.81. The molecule has 1 saturated heterocycles. The van der Waals surface area contributed by atoms with Crippen molar-refractivity contribution in [2.24, 2.45) is 52.3 Å². The third-order valence-corrected chi connectivity index (χ3v) is 20.4. The lowest BCUT2D eigenvalue weighted by atomic mass is 9.47. The van der Waals surface area contributed by atoms with Crippen molar-refractivity contribution in [1.29, 1.82) is 0 Å². The van der Waals surface area contributed by atoms with Crippen LogP contribution in [0.3, 0.4) is 0 Å². The number of carbonyl (C=O) groups is 4. The Labute approximate surface area is 479 Å². The highest BCUT2D eigenvalue weighted by atomic mass is 16.6. The summed E-state index contributed by atoms with van der Waals surface area (Å²) >= 11 is 0. The fourth-order valence-electron chi connectivity index (χ4n) is 16.0. The number of likely N-dealkylation sites (tertiary alicyclic amines) is 1. The van der Waals surface area contributed by atoms with E-state index in [1.54, 1.807) is 19.1 Å². The predicted octanol–water partition coefficient (Wildman–Crippen LogP) is 13.2. The highest BCUT2D eigenvalue weighted by Crippen LogP contribution is 2.67. The van der Waals surface area contributed by atoms with E-state index in [9.17, 15) is 24.3 Å². The van der Waals surface area contributed by atoms with Crippen molar-refractivity contribution < 1.29 is 43.2 Å². The third-order valence-electron chi connectivity index (χ3n) is 20.4. The molecule has 8 rings (SSSR count). The van der Waals surface area contributed by atoms with Gasteiger partial charge in [-0.25, -0.2) is 4.79 Å². The number of esters is 1. The Balaban J connectivity index is 0.867. The molecule has 80 heavy (non-hydrogen) atoms. The summed E-state index contributed by atoms with van der Waals surface area (Å²) in [5.74, 6) is 4.42. The molecule has 8 unspecified atom stereocenters. The molecule has 3 amide bonds. The zero-order valence-electron chi connectivity index (χ0n) is 49.8. The number of alkyl carbamates (subject to hydrolysis) is 1. The summed E-state index contributed by atoms with van der Waals surface area (Å²) < 4.78 is 23.5. The van der Waals surface area contributed by atoms with Crippen molar-refractivity contribution >= 4 is 23.9 Å². The van der Waals surface area contributed by atoms with Gasteiger partial charge in [-0.3, -0.25) is 14.4 Å². The van der Waals surface area contributed by atoms with Crippen LogP contribution >= 0.6 is 0 Å². The minimum atomic E-state index is -1.22. The van der Waals surface area contributed by atoms with Crippen LogP contribution in [0.2, 0.25) is 0 Å². The lowest BCUT2D eigenvalue weighted by Gasteiger charge is -2.58. The standard InChI is InChI=1S/C68H97N3O9/c1-9-10-41-69-61(72)35-36-63(74)80-60-45-71(44-56(60)64(75)68(48-20-13-11-14-21-48,49-23-28-52(77-7)29-24-49)50-25-30-53(78-8)31-26-50)62(73)22-15-12-16-42-70-65(76)79-54-37-39-66(5)51(43-54)27-32-55-58-34-33-57(47(4)19-17-18-46(2)3)67(58,6)40-38-59(55)66/h11,13-14,20-21,23-31,46-47,54-60,64,75H,9-10,12,15-19,22,32-45H2,1-8H3,(H,69,72)(H,70,76)/t47?,54?,55?,56?,57-,58?,59?,60?,64?,66+,67-/m1/s1. The summed E-state index contributed by atoms with van der Waals surface area (Å²) in [6.45, 7) is 15.7. The number of aliphatic hydroxyl groups is 1. The molecular formula is C68H97N3O9. The first kappa shape index (κ1) is 60.7. The van der Waals surface area contributed by atoms with Crippen LogP contribution in [0.4, 0.5) is 4.79 Å². The molecule has 4 fully saturated rings. The average molecular weight is 1100 g/mol. The van der Waals surface area contributed by atoms with E-state index < -0.39 is 29.5 Å². The molecule has 0 bridgehead atoms. The van der Waals surface area contributed by atoms with Crippen LogP contribution in [-0.4, -0.2) is 92.6 Å². The van der Waals surface area contributed by atoms with E-state index in [0.717, 1.165) is 84.3 Å². The maximum absolute atomic E-state index is 14.2. The largest absolute Gasteiger partial charge is 0.497 e. The number of carbonyl (C=O) groups excluding carboxylic acids is 4. The van der Waals surface area contributed by atoms with E-state index in [1.807, 2.05) is 85.8 Å². The number of ether oxygens (including phenoxy) is 4. The quantitative estimate of drug-likeness (QED) is 0.0309. The number of fused-ring (bicyclic) bond motifs is 5. The topological polar surface area (TPSA) is 153 Å². The summed E-state index contributed by atoms with van der Waals surface area (Å²) in [5.41, 5.74) is 3.32. The second kappa shape index (κ2) is 27.6. The van der Waals surface area contributed by atoms with Crippen molar-refractivity contribution in [2.45, 2.75) is 187 Å². The van der Waals surface area contributed by atoms with Gasteiger partial charge in [0.05, 0.1) is 38.7 Å². The number of rotatable bonds is 26. The SMILES string of the molecule is CCCCNC(=O)CCC(=O)OC1CN(C(=O)CCCCCNC(=O)OC2CC[C@@]3(C)C(=CCC4C3CC[C@@]3(C)C4CC[C@@H]3C(C)CCCC(C)C)C2)CC1C(O)C(c1ccccc1)(c1ccc(OC)cc1)c1ccc(OC)cc1. The summed E-state index contributed by atoms with van der Waals surface area (Å²) in [6.07, 6.45) is 17.4. The van der Waals surface area contributed by atoms with Gasteiger partial charge in [0.1, 0.15) is 23.7 Å². The number of hydrogen-bond donors (Lipinski definition) is 3. The Bertz CT molecular complexity index is 2480. The monoisotopic (exact) mass is 1100 g/mol. The van der Waals surface area contributed by atoms with E-state index in [2.05, 4.69) is 51.3 Å². The van der Waals surface area contributed by atoms with Gasteiger partial charge in [0.2, 0.25) is 11.8 Å². The van der Waals surface area contributed by atoms with Crippen LogP contribution in [-0.2, 0) is 29.3 Å². The lowest BCUT2D eigenvalue weighted by Crippen LogP contribution is -2.51. The van der Waals surface area contributed by atoms with Crippen LogP contribution in [0.25, 0.3) is 0 Å². The van der Waals surface area contributed by atoms with Crippen molar-refractivity contribution in [3.8, 4) is 11.5 Å². The van der Waals surface area contributed by atoms with E-state index in [4.69, 9.17) is 18.9 Å². The van der Waals surface area contributed by atoms with Gasteiger partial charge >= 0.3 is 12.1 Å². The maximum Gasteiger partial charge on any atom is 0.407 e. The van der Waals surface area contributed by atoms with Gasteiger partial charge < -0.3 is 39.6 Å². The number of nitrogens with zero attached hydrogens (tertiary/aromatic N) is 1. The van der Waals surface area contributed by atoms with E-state index >= 15 is 0 Å².